The third kappa shape index (κ3) is 4.94. The van der Waals surface area contributed by atoms with E-state index in [4.69, 9.17) is 16.3 Å². The highest BCUT2D eigenvalue weighted by Crippen LogP contribution is 2.37. The third-order valence-electron chi connectivity index (χ3n) is 6.67. The first-order chi connectivity index (χ1) is 16.7. The molecule has 0 aliphatic heterocycles. The van der Waals surface area contributed by atoms with E-state index in [1.54, 1.807) is 0 Å². The van der Waals surface area contributed by atoms with Gasteiger partial charge in [0.2, 0.25) is 0 Å². The van der Waals surface area contributed by atoms with Crippen molar-refractivity contribution in [1.82, 2.24) is 14.8 Å². The molecule has 0 atom stereocenters. The molecule has 2 heterocycles. The Kier molecular flexibility index (Phi) is 7.22. The van der Waals surface area contributed by atoms with Crippen LogP contribution in [0, 0.1) is 34.6 Å². The number of carbonyl (C=O) groups is 1. The Balaban J connectivity index is 1.66. The largest absolute Gasteiger partial charge is 0.494 e. The van der Waals surface area contributed by atoms with E-state index in [0.29, 0.717) is 13.2 Å². The van der Waals surface area contributed by atoms with Gasteiger partial charge in [-0.2, -0.15) is 5.10 Å². The van der Waals surface area contributed by atoms with Crippen LogP contribution < -0.4 is 4.74 Å². The van der Waals surface area contributed by atoms with Crippen LogP contribution in [0.2, 0.25) is 5.02 Å². The second kappa shape index (κ2) is 10.2. The minimum atomic E-state index is -0.803. The van der Waals surface area contributed by atoms with E-state index in [9.17, 15) is 9.90 Å². The summed E-state index contributed by atoms with van der Waals surface area (Å²) >= 11 is 6.28. The van der Waals surface area contributed by atoms with E-state index in [2.05, 4.69) is 39.9 Å². The number of nitrogens with one attached hydrogen (secondary N) is 1. The first kappa shape index (κ1) is 24.9. The molecule has 0 bridgehead atoms. The normalized spacial score (nSPS) is 11.4. The van der Waals surface area contributed by atoms with Crippen molar-refractivity contribution >= 4 is 28.5 Å². The summed E-state index contributed by atoms with van der Waals surface area (Å²) in [4.78, 5) is 11.4. The van der Waals surface area contributed by atoms with Gasteiger partial charge in [0.15, 0.2) is 0 Å². The van der Waals surface area contributed by atoms with Crippen LogP contribution in [0.25, 0.3) is 22.0 Å². The Morgan fingerprint density at radius 1 is 1.14 bits per heavy atom. The Morgan fingerprint density at radius 2 is 1.86 bits per heavy atom. The molecule has 7 heteroatoms. The number of aryl methyl sites for hydroxylation is 6. The van der Waals surface area contributed by atoms with Crippen LogP contribution in [-0.2, 0) is 17.8 Å². The highest BCUT2D eigenvalue weighted by atomic mass is 35.5. The van der Waals surface area contributed by atoms with Gasteiger partial charge in [-0.05, 0) is 76.3 Å². The number of carboxylic acids is 1. The number of hydrogen-bond donors (Lipinski definition) is 2. The number of rotatable bonds is 9. The second-order valence-electron chi connectivity index (χ2n) is 9.19. The van der Waals surface area contributed by atoms with Crippen molar-refractivity contribution in [2.24, 2.45) is 0 Å². The van der Waals surface area contributed by atoms with Crippen molar-refractivity contribution in [3.63, 3.8) is 0 Å². The fraction of sp³-hybridized carbons (Fsp3) is 0.357. The summed E-state index contributed by atoms with van der Waals surface area (Å²) in [5.74, 6) is 0.0288. The number of carboxylic acid groups (broad SMARTS) is 1. The third-order valence-corrected chi connectivity index (χ3v) is 7.27. The van der Waals surface area contributed by atoms with E-state index in [0.717, 1.165) is 73.9 Å². The molecule has 0 fully saturated rings. The van der Waals surface area contributed by atoms with Gasteiger partial charge in [0, 0.05) is 39.5 Å². The predicted octanol–water partition coefficient (Wildman–Crippen LogP) is 6.71. The van der Waals surface area contributed by atoms with Crippen LogP contribution in [0.15, 0.2) is 30.3 Å². The first-order valence-electron chi connectivity index (χ1n) is 11.9. The molecule has 0 saturated carbocycles. The zero-order valence-electron chi connectivity index (χ0n) is 21.0. The topological polar surface area (TPSA) is 80.1 Å². The number of halogens is 1. The van der Waals surface area contributed by atoms with Crippen molar-refractivity contribution < 1.29 is 14.6 Å². The van der Waals surface area contributed by atoms with E-state index in [-0.39, 0.29) is 6.42 Å². The van der Waals surface area contributed by atoms with Crippen LogP contribution in [0.1, 0.15) is 46.6 Å². The molecule has 6 nitrogen and oxygen atoms in total. The fourth-order valence-corrected chi connectivity index (χ4v) is 5.09. The highest BCUT2D eigenvalue weighted by Gasteiger charge is 2.20. The summed E-state index contributed by atoms with van der Waals surface area (Å²) in [6, 6.07) is 10.3. The quantitative estimate of drug-likeness (QED) is 0.254. The second-order valence-corrected chi connectivity index (χ2v) is 9.57. The molecule has 4 aromatic rings. The smallest absolute Gasteiger partial charge is 0.305 e. The SMILES string of the molecule is Cc1cc(OCCCc2c(C)n(CCC(=O)O)c3c(-c4c(C)n[nH]c4C)cccc23)cc(C)c1Cl. The zero-order chi connectivity index (χ0) is 25.3. The number of aromatic amines is 1. The number of nitrogens with zero attached hydrogens (tertiary/aromatic N) is 2. The molecule has 184 valence electrons. The zero-order valence-corrected chi connectivity index (χ0v) is 21.7. The van der Waals surface area contributed by atoms with Crippen molar-refractivity contribution in [1.29, 1.82) is 0 Å². The number of fused-ring (bicyclic) bond motifs is 1. The number of aliphatic carboxylic acids is 1. The lowest BCUT2D eigenvalue weighted by Gasteiger charge is -2.11. The highest BCUT2D eigenvalue weighted by molar-refractivity contribution is 6.32. The van der Waals surface area contributed by atoms with E-state index in [1.165, 1.54) is 5.56 Å². The van der Waals surface area contributed by atoms with Gasteiger partial charge in [-0.3, -0.25) is 9.89 Å². The number of hydrogen-bond acceptors (Lipinski definition) is 3. The lowest BCUT2D eigenvalue weighted by atomic mass is 9.99. The van der Waals surface area contributed by atoms with Gasteiger partial charge in [-0.25, -0.2) is 0 Å². The minimum absolute atomic E-state index is 0.0696. The van der Waals surface area contributed by atoms with Crippen LogP contribution >= 0.6 is 11.6 Å². The summed E-state index contributed by atoms with van der Waals surface area (Å²) in [5.41, 5.74) is 9.52. The van der Waals surface area contributed by atoms with Crippen molar-refractivity contribution in [3.05, 3.63) is 69.1 Å². The maximum Gasteiger partial charge on any atom is 0.305 e. The molecule has 4 rings (SSSR count). The standard InChI is InChI=1S/C28H32ClN3O3/c1-16-14-21(15-17(2)27(16)29)35-13-7-10-22-20(5)32(12-11-25(33)34)28-23(22)8-6-9-24(28)26-18(3)30-31-19(26)4/h6,8-9,14-15H,7,10-13H2,1-5H3,(H,30,31)(H,33,34). The van der Waals surface area contributed by atoms with Crippen molar-refractivity contribution in [2.75, 3.05) is 6.61 Å². The number of benzene rings is 2. The van der Waals surface area contributed by atoms with Crippen LogP contribution in [0.4, 0.5) is 0 Å². The number of para-hydroxylation sites is 1. The van der Waals surface area contributed by atoms with Crippen LogP contribution in [0.5, 0.6) is 5.75 Å². The number of H-pyrrole nitrogens is 1. The molecular formula is C28H32ClN3O3. The first-order valence-corrected chi connectivity index (χ1v) is 12.3. The van der Waals surface area contributed by atoms with Crippen molar-refractivity contribution in [3.8, 4) is 16.9 Å². The predicted molar refractivity (Wildman–Crippen MR) is 141 cm³/mol. The number of ether oxygens (including phenoxy) is 1. The molecule has 0 spiro atoms. The van der Waals surface area contributed by atoms with Gasteiger partial charge in [0.1, 0.15) is 5.75 Å². The maximum atomic E-state index is 11.4. The van der Waals surface area contributed by atoms with E-state index in [1.807, 2.05) is 39.8 Å². The number of aromatic nitrogens is 3. The molecule has 0 amide bonds. The van der Waals surface area contributed by atoms with Crippen molar-refractivity contribution in [2.45, 2.75) is 60.4 Å². The summed E-state index contributed by atoms with van der Waals surface area (Å²) in [6.45, 7) is 11.1. The Labute approximate surface area is 210 Å². The summed E-state index contributed by atoms with van der Waals surface area (Å²) < 4.78 is 8.20. The molecule has 0 unspecified atom stereocenters. The van der Waals surface area contributed by atoms with E-state index < -0.39 is 5.97 Å². The Hall–Kier alpha value is -3.25. The molecule has 0 saturated heterocycles. The summed E-state index contributed by atoms with van der Waals surface area (Å²) in [6.07, 6.45) is 1.74. The molecular weight excluding hydrogens is 462 g/mol. The molecule has 2 aromatic carbocycles. The summed E-state index contributed by atoms with van der Waals surface area (Å²) in [7, 11) is 0. The monoisotopic (exact) mass is 493 g/mol. The molecule has 2 aromatic heterocycles. The van der Waals surface area contributed by atoms with Crippen LogP contribution in [-0.4, -0.2) is 32.4 Å². The van der Waals surface area contributed by atoms with Gasteiger partial charge < -0.3 is 14.4 Å². The molecule has 0 aliphatic carbocycles. The molecule has 0 aliphatic rings. The average molecular weight is 494 g/mol. The lowest BCUT2D eigenvalue weighted by Crippen LogP contribution is -2.07. The van der Waals surface area contributed by atoms with Gasteiger partial charge in [0.05, 0.1) is 24.2 Å². The van der Waals surface area contributed by atoms with Gasteiger partial charge in [-0.1, -0.05) is 29.8 Å². The van der Waals surface area contributed by atoms with Crippen LogP contribution in [0.3, 0.4) is 0 Å². The van der Waals surface area contributed by atoms with Gasteiger partial charge >= 0.3 is 5.97 Å². The molecule has 0 radical (unpaired) electrons. The Morgan fingerprint density at radius 3 is 2.49 bits per heavy atom. The Bertz CT molecular complexity index is 1360. The summed E-state index contributed by atoms with van der Waals surface area (Å²) in [5, 5.41) is 18.8. The van der Waals surface area contributed by atoms with Gasteiger partial charge in [0.25, 0.3) is 0 Å². The molecule has 35 heavy (non-hydrogen) atoms. The fourth-order valence-electron chi connectivity index (χ4n) is 4.98. The van der Waals surface area contributed by atoms with Gasteiger partial charge in [-0.15, -0.1) is 0 Å². The molecule has 2 N–H and O–H groups in total. The van der Waals surface area contributed by atoms with E-state index >= 15 is 0 Å². The maximum absolute atomic E-state index is 11.4. The minimum Gasteiger partial charge on any atom is -0.494 e. The average Bonchev–Trinajstić information content (AvgIpc) is 3.28. The lowest BCUT2D eigenvalue weighted by molar-refractivity contribution is -0.137.